The lowest BCUT2D eigenvalue weighted by Gasteiger charge is -1.99. The highest BCUT2D eigenvalue weighted by atomic mass is 32.1. The standard InChI is InChI=1S/C10H14N4OS/c1-4-12-9(15)8-7(11)6-5(2)13-14(3)10(6)16-8/h4,11H2,1-3H3,(H,12,15). The zero-order valence-electron chi connectivity index (χ0n) is 9.50. The summed E-state index contributed by atoms with van der Waals surface area (Å²) in [5.74, 6) is -0.111. The van der Waals surface area contributed by atoms with Crippen LogP contribution in [0.25, 0.3) is 10.2 Å². The molecule has 2 heterocycles. The molecule has 0 aliphatic rings. The number of fused-ring (bicyclic) bond motifs is 1. The number of aryl methyl sites for hydroxylation is 2. The van der Waals surface area contributed by atoms with E-state index < -0.39 is 0 Å². The number of carbonyl (C=O) groups is 1. The highest BCUT2D eigenvalue weighted by Crippen LogP contribution is 2.35. The molecule has 86 valence electrons. The quantitative estimate of drug-likeness (QED) is 0.827. The molecule has 3 N–H and O–H groups in total. The zero-order chi connectivity index (χ0) is 11.9. The van der Waals surface area contributed by atoms with Gasteiger partial charge in [0.2, 0.25) is 0 Å². The van der Waals surface area contributed by atoms with Gasteiger partial charge in [-0.25, -0.2) is 0 Å². The second-order valence-electron chi connectivity index (χ2n) is 3.59. The van der Waals surface area contributed by atoms with Crippen LogP contribution in [0.15, 0.2) is 0 Å². The molecule has 0 unspecified atom stereocenters. The summed E-state index contributed by atoms with van der Waals surface area (Å²) in [4.78, 5) is 13.3. The second-order valence-corrected chi connectivity index (χ2v) is 4.59. The van der Waals surface area contributed by atoms with Crippen LogP contribution in [0.3, 0.4) is 0 Å². The van der Waals surface area contributed by atoms with E-state index in [4.69, 9.17) is 5.73 Å². The molecule has 0 saturated carbocycles. The van der Waals surface area contributed by atoms with Gasteiger partial charge in [0.25, 0.3) is 5.91 Å². The number of aromatic nitrogens is 2. The van der Waals surface area contributed by atoms with Crippen LogP contribution in [0.2, 0.25) is 0 Å². The number of thiophene rings is 1. The van der Waals surface area contributed by atoms with Crippen molar-refractivity contribution in [2.45, 2.75) is 13.8 Å². The topological polar surface area (TPSA) is 72.9 Å². The molecule has 1 amide bonds. The molecule has 2 rings (SSSR count). The Hall–Kier alpha value is -1.56. The number of nitrogen functional groups attached to an aromatic ring is 1. The highest BCUT2D eigenvalue weighted by Gasteiger charge is 2.20. The number of anilines is 1. The molecule has 0 fully saturated rings. The number of amides is 1. The van der Waals surface area contributed by atoms with E-state index in [1.807, 2.05) is 20.9 Å². The minimum absolute atomic E-state index is 0.111. The summed E-state index contributed by atoms with van der Waals surface area (Å²) in [5.41, 5.74) is 7.38. The lowest BCUT2D eigenvalue weighted by molar-refractivity contribution is 0.0960. The maximum absolute atomic E-state index is 11.7. The predicted octanol–water partition coefficient (Wildman–Crippen LogP) is 1.28. The fraction of sp³-hybridized carbons (Fsp3) is 0.400. The summed E-state index contributed by atoms with van der Waals surface area (Å²) in [6, 6.07) is 0. The molecule has 0 spiro atoms. The molecule has 0 bridgehead atoms. The molecular weight excluding hydrogens is 224 g/mol. The summed E-state index contributed by atoms with van der Waals surface area (Å²) >= 11 is 1.38. The lowest BCUT2D eigenvalue weighted by atomic mass is 10.2. The van der Waals surface area contributed by atoms with Gasteiger partial charge in [0.1, 0.15) is 9.71 Å². The Kier molecular flexibility index (Phi) is 2.59. The van der Waals surface area contributed by atoms with Crippen LogP contribution in [-0.4, -0.2) is 22.2 Å². The van der Waals surface area contributed by atoms with Crippen LogP contribution < -0.4 is 11.1 Å². The third-order valence-corrected chi connectivity index (χ3v) is 3.70. The van der Waals surface area contributed by atoms with Gasteiger partial charge in [-0.15, -0.1) is 11.3 Å². The van der Waals surface area contributed by atoms with Crippen molar-refractivity contribution < 1.29 is 4.79 Å². The Morgan fingerprint density at radius 1 is 1.62 bits per heavy atom. The average molecular weight is 238 g/mol. The smallest absolute Gasteiger partial charge is 0.263 e. The van der Waals surface area contributed by atoms with E-state index >= 15 is 0 Å². The third kappa shape index (κ3) is 1.46. The van der Waals surface area contributed by atoms with Crippen molar-refractivity contribution in [3.8, 4) is 0 Å². The van der Waals surface area contributed by atoms with Gasteiger partial charge >= 0.3 is 0 Å². The van der Waals surface area contributed by atoms with E-state index in [9.17, 15) is 4.79 Å². The van der Waals surface area contributed by atoms with Gasteiger partial charge < -0.3 is 11.1 Å². The molecule has 2 aromatic rings. The SMILES string of the molecule is CCNC(=O)c1sc2c(c(C)nn2C)c1N. The fourth-order valence-corrected chi connectivity index (χ4v) is 2.84. The maximum Gasteiger partial charge on any atom is 0.263 e. The minimum atomic E-state index is -0.111. The Morgan fingerprint density at radius 2 is 2.31 bits per heavy atom. The van der Waals surface area contributed by atoms with Gasteiger partial charge in [-0.05, 0) is 13.8 Å². The Balaban J connectivity index is 2.61. The lowest BCUT2D eigenvalue weighted by Crippen LogP contribution is -2.22. The Labute approximate surface area is 97.2 Å². The Morgan fingerprint density at radius 3 is 2.88 bits per heavy atom. The molecular formula is C10H14N4OS. The van der Waals surface area contributed by atoms with Crippen molar-refractivity contribution in [2.24, 2.45) is 7.05 Å². The molecule has 0 aliphatic carbocycles. The van der Waals surface area contributed by atoms with Gasteiger partial charge in [0, 0.05) is 13.6 Å². The van der Waals surface area contributed by atoms with Crippen molar-refractivity contribution in [1.82, 2.24) is 15.1 Å². The molecule has 2 aromatic heterocycles. The van der Waals surface area contributed by atoms with Crippen LogP contribution in [0, 0.1) is 6.92 Å². The van der Waals surface area contributed by atoms with E-state index in [0.29, 0.717) is 17.1 Å². The summed E-state index contributed by atoms with van der Waals surface area (Å²) in [6.07, 6.45) is 0. The van der Waals surface area contributed by atoms with E-state index in [2.05, 4.69) is 10.4 Å². The number of hydrogen-bond donors (Lipinski definition) is 2. The van der Waals surface area contributed by atoms with E-state index in [-0.39, 0.29) is 5.91 Å². The summed E-state index contributed by atoms with van der Waals surface area (Å²) < 4.78 is 1.76. The van der Waals surface area contributed by atoms with Crippen LogP contribution in [-0.2, 0) is 7.05 Å². The van der Waals surface area contributed by atoms with Crippen LogP contribution in [0.4, 0.5) is 5.69 Å². The highest BCUT2D eigenvalue weighted by molar-refractivity contribution is 7.21. The van der Waals surface area contributed by atoms with Crippen molar-refractivity contribution in [2.75, 3.05) is 12.3 Å². The monoisotopic (exact) mass is 238 g/mol. The van der Waals surface area contributed by atoms with Gasteiger partial charge in [-0.2, -0.15) is 5.10 Å². The van der Waals surface area contributed by atoms with Crippen LogP contribution in [0.1, 0.15) is 22.3 Å². The van der Waals surface area contributed by atoms with Gasteiger partial charge in [0.15, 0.2) is 0 Å². The number of rotatable bonds is 2. The van der Waals surface area contributed by atoms with E-state index in [0.717, 1.165) is 15.9 Å². The molecule has 0 atom stereocenters. The van der Waals surface area contributed by atoms with Gasteiger partial charge in [-0.1, -0.05) is 0 Å². The first-order valence-electron chi connectivity index (χ1n) is 5.06. The number of nitrogens with one attached hydrogen (secondary N) is 1. The molecule has 5 nitrogen and oxygen atoms in total. The normalized spacial score (nSPS) is 10.9. The molecule has 0 aromatic carbocycles. The fourth-order valence-electron chi connectivity index (χ4n) is 1.74. The number of nitrogens with two attached hydrogens (primary N) is 1. The molecule has 0 aliphatic heterocycles. The van der Waals surface area contributed by atoms with Crippen LogP contribution >= 0.6 is 11.3 Å². The minimum Gasteiger partial charge on any atom is -0.397 e. The summed E-state index contributed by atoms with van der Waals surface area (Å²) in [7, 11) is 1.85. The third-order valence-electron chi connectivity index (χ3n) is 2.43. The van der Waals surface area contributed by atoms with E-state index in [1.54, 1.807) is 4.68 Å². The van der Waals surface area contributed by atoms with Crippen molar-refractivity contribution in [3.63, 3.8) is 0 Å². The number of carbonyl (C=O) groups excluding carboxylic acids is 1. The first-order valence-corrected chi connectivity index (χ1v) is 5.87. The predicted molar refractivity (Wildman–Crippen MR) is 65.7 cm³/mol. The van der Waals surface area contributed by atoms with E-state index in [1.165, 1.54) is 11.3 Å². The number of nitrogens with zero attached hydrogens (tertiary/aromatic N) is 2. The first-order chi connectivity index (χ1) is 7.56. The molecule has 0 radical (unpaired) electrons. The van der Waals surface area contributed by atoms with Gasteiger partial charge in [-0.3, -0.25) is 9.48 Å². The first kappa shape index (κ1) is 10.9. The molecule has 16 heavy (non-hydrogen) atoms. The van der Waals surface area contributed by atoms with Crippen molar-refractivity contribution >= 4 is 33.1 Å². The maximum atomic E-state index is 11.7. The van der Waals surface area contributed by atoms with Crippen molar-refractivity contribution in [3.05, 3.63) is 10.6 Å². The van der Waals surface area contributed by atoms with Gasteiger partial charge in [0.05, 0.1) is 16.8 Å². The largest absolute Gasteiger partial charge is 0.397 e. The number of hydrogen-bond acceptors (Lipinski definition) is 4. The second kappa shape index (κ2) is 3.79. The zero-order valence-corrected chi connectivity index (χ0v) is 10.3. The average Bonchev–Trinajstić information content (AvgIpc) is 2.68. The molecule has 0 saturated heterocycles. The Bertz CT molecular complexity index is 555. The van der Waals surface area contributed by atoms with Crippen molar-refractivity contribution in [1.29, 1.82) is 0 Å². The van der Waals surface area contributed by atoms with Crippen LogP contribution in [0.5, 0.6) is 0 Å². The summed E-state index contributed by atoms with van der Waals surface area (Å²) in [5, 5.41) is 7.92. The summed E-state index contributed by atoms with van der Waals surface area (Å²) in [6.45, 7) is 4.38. The molecule has 6 heteroatoms.